The van der Waals surface area contributed by atoms with E-state index in [0.29, 0.717) is 19.4 Å². The van der Waals surface area contributed by atoms with Gasteiger partial charge in [0.2, 0.25) is 0 Å². The molecule has 0 amide bonds. The molecule has 0 aliphatic carbocycles. The molecule has 0 spiro atoms. The number of ether oxygens (including phenoxy) is 1. The Morgan fingerprint density at radius 3 is 2.07 bits per heavy atom. The number of aryl methyl sites for hydroxylation is 2. The van der Waals surface area contributed by atoms with Crippen LogP contribution in [0.25, 0.3) is 0 Å². The lowest BCUT2D eigenvalue weighted by Crippen LogP contribution is -2.36. The summed E-state index contributed by atoms with van der Waals surface area (Å²) < 4.78 is 34.1. The molecule has 0 heterocycles. The van der Waals surface area contributed by atoms with E-state index in [1.807, 2.05) is 0 Å². The van der Waals surface area contributed by atoms with Gasteiger partial charge in [0.05, 0.1) is 6.10 Å². The molecule has 2 rings (SSSR count). The average Bonchev–Trinajstić information content (AvgIpc) is 2.64. The third kappa shape index (κ3) is 7.17. The second-order valence-electron chi connectivity index (χ2n) is 9.36. The maximum absolute atomic E-state index is 13.9. The van der Waals surface area contributed by atoms with Crippen LogP contribution in [0.2, 0.25) is 0 Å². The van der Waals surface area contributed by atoms with E-state index in [4.69, 9.17) is 4.74 Å². The standard InChI is InChI=1S/C26H37F2NO/c1-7-29(18-26(4,5)6)17-24(25-19(2)11-8-12-20(25)3)30-16-10-13-21-22(27)14-9-15-23(21)28/h8-9,11-12,14-15,24H,7,10,13,16-18H2,1-6H3. The molecule has 0 saturated heterocycles. The van der Waals surface area contributed by atoms with Crippen molar-refractivity contribution < 1.29 is 13.5 Å². The molecule has 0 aliphatic heterocycles. The molecule has 0 aliphatic rings. The zero-order valence-corrected chi connectivity index (χ0v) is 19.4. The average molecular weight is 418 g/mol. The molecule has 166 valence electrons. The number of nitrogens with zero attached hydrogens (tertiary/aromatic N) is 1. The van der Waals surface area contributed by atoms with E-state index >= 15 is 0 Å². The maximum Gasteiger partial charge on any atom is 0.129 e. The Kier molecular flexibility index (Phi) is 8.99. The summed E-state index contributed by atoms with van der Waals surface area (Å²) in [5.74, 6) is -0.965. The minimum atomic E-state index is -0.483. The number of hydrogen-bond acceptors (Lipinski definition) is 2. The van der Waals surface area contributed by atoms with Crippen LogP contribution in [-0.2, 0) is 11.2 Å². The molecule has 0 N–H and O–H groups in total. The SMILES string of the molecule is CCN(CC(OCCCc1c(F)cccc1F)c1c(C)cccc1C)CC(C)(C)C. The summed E-state index contributed by atoms with van der Waals surface area (Å²) in [6, 6.07) is 10.3. The Bertz CT molecular complexity index is 773. The van der Waals surface area contributed by atoms with Crippen molar-refractivity contribution in [2.24, 2.45) is 5.41 Å². The first kappa shape index (κ1) is 24.5. The van der Waals surface area contributed by atoms with Crippen molar-refractivity contribution in [3.8, 4) is 0 Å². The second kappa shape index (κ2) is 11.0. The van der Waals surface area contributed by atoms with Gasteiger partial charge in [0, 0.05) is 25.3 Å². The van der Waals surface area contributed by atoms with Crippen molar-refractivity contribution in [3.05, 3.63) is 70.3 Å². The lowest BCUT2D eigenvalue weighted by molar-refractivity contribution is 0.0171. The van der Waals surface area contributed by atoms with E-state index in [0.717, 1.165) is 19.6 Å². The molecule has 0 saturated carbocycles. The molecular weight excluding hydrogens is 380 g/mol. The predicted molar refractivity (Wildman–Crippen MR) is 121 cm³/mol. The largest absolute Gasteiger partial charge is 0.372 e. The Balaban J connectivity index is 2.11. The Labute approximate surface area is 181 Å². The fourth-order valence-electron chi connectivity index (χ4n) is 4.02. The van der Waals surface area contributed by atoms with Gasteiger partial charge in [0.25, 0.3) is 0 Å². The van der Waals surface area contributed by atoms with Crippen LogP contribution in [0.1, 0.15) is 62.5 Å². The van der Waals surface area contributed by atoms with Crippen molar-refractivity contribution in [3.63, 3.8) is 0 Å². The zero-order chi connectivity index (χ0) is 22.3. The smallest absolute Gasteiger partial charge is 0.129 e. The molecule has 0 bridgehead atoms. The van der Waals surface area contributed by atoms with Gasteiger partial charge in [-0.15, -0.1) is 0 Å². The van der Waals surface area contributed by atoms with Crippen molar-refractivity contribution in [2.45, 2.75) is 60.5 Å². The number of rotatable bonds is 10. The summed E-state index contributed by atoms with van der Waals surface area (Å²) in [5.41, 5.74) is 4.00. The highest BCUT2D eigenvalue weighted by molar-refractivity contribution is 5.35. The highest BCUT2D eigenvalue weighted by Crippen LogP contribution is 2.28. The molecule has 1 atom stereocenters. The van der Waals surface area contributed by atoms with Gasteiger partial charge in [-0.25, -0.2) is 8.78 Å². The van der Waals surface area contributed by atoms with E-state index in [1.165, 1.54) is 34.9 Å². The van der Waals surface area contributed by atoms with Crippen molar-refractivity contribution in [1.29, 1.82) is 0 Å². The van der Waals surface area contributed by atoms with Crippen LogP contribution in [0.4, 0.5) is 8.78 Å². The van der Waals surface area contributed by atoms with E-state index in [1.54, 1.807) is 0 Å². The van der Waals surface area contributed by atoms with E-state index in [2.05, 4.69) is 64.6 Å². The van der Waals surface area contributed by atoms with Gasteiger partial charge in [-0.3, -0.25) is 0 Å². The number of likely N-dealkylation sites (N-methyl/N-ethyl adjacent to an activating group) is 1. The molecule has 2 aromatic carbocycles. The van der Waals surface area contributed by atoms with Gasteiger partial charge in [0.15, 0.2) is 0 Å². The Morgan fingerprint density at radius 1 is 0.967 bits per heavy atom. The maximum atomic E-state index is 13.9. The summed E-state index contributed by atoms with van der Waals surface area (Å²) in [6.45, 7) is 16.3. The van der Waals surface area contributed by atoms with Gasteiger partial charge in [-0.1, -0.05) is 52.0 Å². The molecule has 0 aromatic heterocycles. The van der Waals surface area contributed by atoms with Gasteiger partial charge < -0.3 is 9.64 Å². The van der Waals surface area contributed by atoms with E-state index < -0.39 is 11.6 Å². The second-order valence-corrected chi connectivity index (χ2v) is 9.36. The molecule has 0 fully saturated rings. The summed E-state index contributed by atoms with van der Waals surface area (Å²) in [4.78, 5) is 2.42. The normalized spacial score (nSPS) is 13.1. The third-order valence-electron chi connectivity index (χ3n) is 5.39. The first-order valence-corrected chi connectivity index (χ1v) is 11.0. The number of halogens is 2. The predicted octanol–water partition coefficient (Wildman–Crippen LogP) is 6.64. The van der Waals surface area contributed by atoms with Crippen LogP contribution in [0.15, 0.2) is 36.4 Å². The molecule has 30 heavy (non-hydrogen) atoms. The fourth-order valence-corrected chi connectivity index (χ4v) is 4.02. The van der Waals surface area contributed by atoms with Gasteiger partial charge in [-0.05, 0) is 67.5 Å². The highest BCUT2D eigenvalue weighted by Gasteiger charge is 2.23. The monoisotopic (exact) mass is 417 g/mol. The first-order chi connectivity index (χ1) is 14.1. The molecule has 2 aromatic rings. The minimum absolute atomic E-state index is 0.0704. The van der Waals surface area contributed by atoms with Crippen LogP contribution >= 0.6 is 0 Å². The fraction of sp³-hybridized carbons (Fsp3) is 0.538. The number of hydrogen-bond donors (Lipinski definition) is 0. The molecule has 0 radical (unpaired) electrons. The lowest BCUT2D eigenvalue weighted by Gasteiger charge is -2.33. The lowest BCUT2D eigenvalue weighted by atomic mass is 9.94. The summed E-state index contributed by atoms with van der Waals surface area (Å²) in [6.07, 6.45) is 0.835. The van der Waals surface area contributed by atoms with Gasteiger partial charge >= 0.3 is 0 Å². The minimum Gasteiger partial charge on any atom is -0.372 e. The van der Waals surface area contributed by atoms with Gasteiger partial charge in [0.1, 0.15) is 11.6 Å². The molecule has 1 unspecified atom stereocenters. The van der Waals surface area contributed by atoms with Crippen LogP contribution in [0.5, 0.6) is 0 Å². The highest BCUT2D eigenvalue weighted by atomic mass is 19.1. The van der Waals surface area contributed by atoms with E-state index in [9.17, 15) is 8.78 Å². The molecular formula is C26H37F2NO. The van der Waals surface area contributed by atoms with Crippen LogP contribution < -0.4 is 0 Å². The third-order valence-corrected chi connectivity index (χ3v) is 5.39. The van der Waals surface area contributed by atoms with E-state index in [-0.39, 0.29) is 17.1 Å². The molecule has 4 heteroatoms. The van der Waals surface area contributed by atoms with Crippen molar-refractivity contribution in [1.82, 2.24) is 4.90 Å². The topological polar surface area (TPSA) is 12.5 Å². The number of benzene rings is 2. The Hall–Kier alpha value is -1.78. The summed E-state index contributed by atoms with van der Waals surface area (Å²) in [5, 5.41) is 0. The van der Waals surface area contributed by atoms with Crippen molar-refractivity contribution >= 4 is 0 Å². The summed E-state index contributed by atoms with van der Waals surface area (Å²) in [7, 11) is 0. The van der Waals surface area contributed by atoms with Crippen molar-refractivity contribution in [2.75, 3.05) is 26.2 Å². The Morgan fingerprint density at radius 2 is 1.53 bits per heavy atom. The quantitative estimate of drug-likeness (QED) is 0.402. The summed E-state index contributed by atoms with van der Waals surface area (Å²) >= 11 is 0. The zero-order valence-electron chi connectivity index (χ0n) is 19.4. The van der Waals surface area contributed by atoms with Crippen LogP contribution in [-0.4, -0.2) is 31.1 Å². The van der Waals surface area contributed by atoms with Gasteiger partial charge in [-0.2, -0.15) is 0 Å². The molecule has 2 nitrogen and oxygen atoms in total. The van der Waals surface area contributed by atoms with Crippen LogP contribution in [0, 0.1) is 30.9 Å². The first-order valence-electron chi connectivity index (χ1n) is 11.0. The van der Waals surface area contributed by atoms with Crippen LogP contribution in [0.3, 0.4) is 0 Å².